The smallest absolute Gasteiger partial charge is 0.128 e. The van der Waals surface area contributed by atoms with E-state index in [1.807, 2.05) is 12.3 Å². The quantitative estimate of drug-likeness (QED) is 0.757. The standard InChI is InChI=1S/C10H15N3S/c11-14-9-4-5-10(12-8-9)13-6-2-1-3-7-13/h4-5,8H,1-3,6-7,11H2. The summed E-state index contributed by atoms with van der Waals surface area (Å²) in [4.78, 5) is 7.76. The molecule has 2 heterocycles. The molecule has 0 spiro atoms. The number of hydrogen-bond acceptors (Lipinski definition) is 4. The van der Waals surface area contributed by atoms with Gasteiger partial charge in [-0.25, -0.2) is 4.98 Å². The molecule has 76 valence electrons. The Bertz CT molecular complexity index is 280. The van der Waals surface area contributed by atoms with Gasteiger partial charge >= 0.3 is 0 Å². The van der Waals surface area contributed by atoms with Crippen molar-refractivity contribution in [1.29, 1.82) is 0 Å². The normalized spacial score (nSPS) is 17.1. The first-order valence-electron chi connectivity index (χ1n) is 4.98. The van der Waals surface area contributed by atoms with E-state index >= 15 is 0 Å². The monoisotopic (exact) mass is 209 g/mol. The van der Waals surface area contributed by atoms with E-state index < -0.39 is 0 Å². The fraction of sp³-hybridized carbons (Fsp3) is 0.500. The van der Waals surface area contributed by atoms with E-state index in [1.165, 1.54) is 31.2 Å². The predicted octanol–water partition coefficient (Wildman–Crippen LogP) is 2.04. The summed E-state index contributed by atoms with van der Waals surface area (Å²) in [5.74, 6) is 1.09. The SMILES string of the molecule is NSc1ccc(N2CCCCC2)nc1. The predicted molar refractivity (Wildman–Crippen MR) is 60.3 cm³/mol. The Labute approximate surface area is 88.8 Å². The van der Waals surface area contributed by atoms with Crippen LogP contribution >= 0.6 is 11.9 Å². The Morgan fingerprint density at radius 3 is 2.57 bits per heavy atom. The summed E-state index contributed by atoms with van der Waals surface area (Å²) < 4.78 is 0. The number of nitrogens with zero attached hydrogens (tertiary/aromatic N) is 2. The van der Waals surface area contributed by atoms with Gasteiger partial charge in [-0.1, -0.05) is 0 Å². The first-order valence-corrected chi connectivity index (χ1v) is 5.86. The molecule has 0 radical (unpaired) electrons. The van der Waals surface area contributed by atoms with E-state index in [-0.39, 0.29) is 0 Å². The van der Waals surface area contributed by atoms with Crippen LogP contribution in [-0.4, -0.2) is 18.1 Å². The molecule has 1 saturated heterocycles. The van der Waals surface area contributed by atoms with Crippen molar-refractivity contribution in [2.75, 3.05) is 18.0 Å². The molecule has 1 aliphatic rings. The number of aromatic nitrogens is 1. The zero-order valence-electron chi connectivity index (χ0n) is 8.15. The molecular formula is C10H15N3S. The van der Waals surface area contributed by atoms with Gasteiger partial charge < -0.3 is 4.90 Å². The van der Waals surface area contributed by atoms with Gasteiger partial charge in [-0.05, 0) is 43.3 Å². The molecule has 0 bridgehead atoms. The molecule has 4 heteroatoms. The van der Waals surface area contributed by atoms with Crippen LogP contribution in [0, 0.1) is 0 Å². The Hall–Kier alpha value is -0.740. The van der Waals surface area contributed by atoms with Crippen LogP contribution in [0.25, 0.3) is 0 Å². The number of piperidine rings is 1. The summed E-state index contributed by atoms with van der Waals surface area (Å²) in [7, 11) is 0. The maximum absolute atomic E-state index is 5.44. The highest BCUT2D eigenvalue weighted by Gasteiger charge is 2.11. The first kappa shape index (κ1) is 9.80. The van der Waals surface area contributed by atoms with E-state index in [0.29, 0.717) is 0 Å². The van der Waals surface area contributed by atoms with Crippen LogP contribution in [0.3, 0.4) is 0 Å². The van der Waals surface area contributed by atoms with Crippen molar-refractivity contribution in [3.63, 3.8) is 0 Å². The summed E-state index contributed by atoms with van der Waals surface area (Å²) in [5.41, 5.74) is 0. The van der Waals surface area contributed by atoms with Crippen molar-refractivity contribution in [3.8, 4) is 0 Å². The molecule has 0 amide bonds. The third kappa shape index (κ3) is 2.19. The fourth-order valence-electron chi connectivity index (χ4n) is 1.75. The second kappa shape index (κ2) is 4.66. The second-order valence-corrected chi connectivity index (χ2v) is 4.22. The molecule has 1 aromatic heterocycles. The lowest BCUT2D eigenvalue weighted by molar-refractivity contribution is 0.573. The Morgan fingerprint density at radius 2 is 2.00 bits per heavy atom. The van der Waals surface area contributed by atoms with Crippen molar-refractivity contribution < 1.29 is 0 Å². The van der Waals surface area contributed by atoms with Crippen LogP contribution in [0.5, 0.6) is 0 Å². The maximum Gasteiger partial charge on any atom is 0.128 e. The van der Waals surface area contributed by atoms with E-state index in [2.05, 4.69) is 16.0 Å². The van der Waals surface area contributed by atoms with Gasteiger partial charge in [0, 0.05) is 24.2 Å². The molecule has 0 atom stereocenters. The zero-order chi connectivity index (χ0) is 9.80. The minimum atomic E-state index is 1.02. The first-order chi connectivity index (χ1) is 6.90. The average molecular weight is 209 g/mol. The van der Waals surface area contributed by atoms with Gasteiger partial charge in [0.25, 0.3) is 0 Å². The Morgan fingerprint density at radius 1 is 1.21 bits per heavy atom. The molecular weight excluding hydrogens is 194 g/mol. The Kier molecular flexibility index (Phi) is 3.26. The van der Waals surface area contributed by atoms with Gasteiger partial charge in [0.1, 0.15) is 5.82 Å². The van der Waals surface area contributed by atoms with Gasteiger partial charge in [0.2, 0.25) is 0 Å². The van der Waals surface area contributed by atoms with E-state index in [9.17, 15) is 0 Å². The lowest BCUT2D eigenvalue weighted by atomic mass is 10.1. The number of hydrogen-bond donors (Lipinski definition) is 1. The topological polar surface area (TPSA) is 42.1 Å². The highest BCUT2D eigenvalue weighted by Crippen LogP contribution is 2.19. The molecule has 3 nitrogen and oxygen atoms in total. The third-order valence-electron chi connectivity index (χ3n) is 2.54. The van der Waals surface area contributed by atoms with Gasteiger partial charge in [0.15, 0.2) is 0 Å². The summed E-state index contributed by atoms with van der Waals surface area (Å²) in [6.07, 6.45) is 5.77. The van der Waals surface area contributed by atoms with Crippen LogP contribution in [-0.2, 0) is 0 Å². The molecule has 2 rings (SSSR count). The average Bonchev–Trinajstić information content (AvgIpc) is 2.30. The molecule has 2 N–H and O–H groups in total. The third-order valence-corrected chi connectivity index (χ3v) is 3.05. The van der Waals surface area contributed by atoms with Gasteiger partial charge in [-0.15, -0.1) is 0 Å². The molecule has 0 aliphatic carbocycles. The highest BCUT2D eigenvalue weighted by molar-refractivity contribution is 7.97. The zero-order valence-corrected chi connectivity index (χ0v) is 8.96. The van der Waals surface area contributed by atoms with Crippen molar-refractivity contribution in [2.24, 2.45) is 5.14 Å². The van der Waals surface area contributed by atoms with Crippen LogP contribution in [0.4, 0.5) is 5.82 Å². The number of anilines is 1. The maximum atomic E-state index is 5.44. The minimum absolute atomic E-state index is 1.02. The largest absolute Gasteiger partial charge is 0.357 e. The van der Waals surface area contributed by atoms with Crippen molar-refractivity contribution >= 4 is 17.8 Å². The highest BCUT2D eigenvalue weighted by atomic mass is 32.2. The van der Waals surface area contributed by atoms with Crippen LogP contribution < -0.4 is 10.0 Å². The lowest BCUT2D eigenvalue weighted by Crippen LogP contribution is -2.29. The molecule has 1 aliphatic heterocycles. The molecule has 0 aromatic carbocycles. The lowest BCUT2D eigenvalue weighted by Gasteiger charge is -2.27. The molecule has 0 saturated carbocycles. The van der Waals surface area contributed by atoms with E-state index in [0.717, 1.165) is 23.8 Å². The van der Waals surface area contributed by atoms with E-state index in [1.54, 1.807) is 0 Å². The summed E-state index contributed by atoms with van der Waals surface area (Å²) in [6.45, 7) is 2.28. The summed E-state index contributed by atoms with van der Waals surface area (Å²) >= 11 is 1.24. The van der Waals surface area contributed by atoms with Crippen molar-refractivity contribution in [2.45, 2.75) is 24.2 Å². The van der Waals surface area contributed by atoms with Crippen LogP contribution in [0.1, 0.15) is 19.3 Å². The van der Waals surface area contributed by atoms with Crippen LogP contribution in [0.15, 0.2) is 23.2 Å². The molecule has 0 unspecified atom stereocenters. The molecule has 14 heavy (non-hydrogen) atoms. The summed E-state index contributed by atoms with van der Waals surface area (Å²) in [6, 6.07) is 4.09. The number of rotatable bonds is 2. The Balaban J connectivity index is 2.07. The summed E-state index contributed by atoms with van der Waals surface area (Å²) in [5, 5.41) is 5.44. The van der Waals surface area contributed by atoms with E-state index in [4.69, 9.17) is 5.14 Å². The van der Waals surface area contributed by atoms with Crippen LogP contribution in [0.2, 0.25) is 0 Å². The molecule has 1 aromatic rings. The van der Waals surface area contributed by atoms with Gasteiger partial charge in [0.05, 0.1) is 0 Å². The fourth-order valence-corrected chi connectivity index (χ4v) is 2.01. The molecule has 1 fully saturated rings. The second-order valence-electron chi connectivity index (χ2n) is 3.52. The number of pyridine rings is 1. The number of nitrogens with two attached hydrogens (primary N) is 1. The van der Waals surface area contributed by atoms with Crippen molar-refractivity contribution in [3.05, 3.63) is 18.3 Å². The van der Waals surface area contributed by atoms with Gasteiger partial charge in [-0.3, -0.25) is 5.14 Å². The minimum Gasteiger partial charge on any atom is -0.357 e. The van der Waals surface area contributed by atoms with Crippen molar-refractivity contribution in [1.82, 2.24) is 4.98 Å². The van der Waals surface area contributed by atoms with Gasteiger partial charge in [-0.2, -0.15) is 0 Å².